The minimum Gasteiger partial charge on any atom is -0.394 e. The lowest BCUT2D eigenvalue weighted by Gasteiger charge is -2.36. The van der Waals surface area contributed by atoms with Crippen molar-refractivity contribution in [2.24, 2.45) is 5.92 Å². The van der Waals surface area contributed by atoms with E-state index < -0.39 is 0 Å². The lowest BCUT2D eigenvalue weighted by Crippen LogP contribution is -2.48. The molecule has 1 rings (SSSR count). The second-order valence-electron chi connectivity index (χ2n) is 6.55. The van der Waals surface area contributed by atoms with Crippen LogP contribution < -0.4 is 5.32 Å². The largest absolute Gasteiger partial charge is 0.394 e. The van der Waals surface area contributed by atoms with E-state index in [-0.39, 0.29) is 12.1 Å². The van der Waals surface area contributed by atoms with Crippen molar-refractivity contribution in [1.29, 1.82) is 0 Å². The van der Waals surface area contributed by atoms with E-state index in [4.69, 9.17) is 0 Å². The second-order valence-corrected chi connectivity index (χ2v) is 6.55. The summed E-state index contributed by atoms with van der Waals surface area (Å²) < 4.78 is 0. The number of aliphatic hydroxyl groups excluding tert-OH is 1. The first-order valence-electron chi connectivity index (χ1n) is 7.72. The van der Waals surface area contributed by atoms with Gasteiger partial charge in [0.2, 0.25) is 0 Å². The molecule has 4 nitrogen and oxygen atoms in total. The van der Waals surface area contributed by atoms with Crippen LogP contribution in [0.4, 0.5) is 0 Å². The van der Waals surface area contributed by atoms with Gasteiger partial charge < -0.3 is 20.2 Å². The van der Waals surface area contributed by atoms with Gasteiger partial charge in [0, 0.05) is 12.1 Å². The molecule has 114 valence electrons. The molecule has 0 saturated carbocycles. The summed E-state index contributed by atoms with van der Waals surface area (Å²) in [5, 5.41) is 12.9. The van der Waals surface area contributed by atoms with Crippen molar-refractivity contribution in [2.75, 3.05) is 53.4 Å². The molecule has 0 bridgehead atoms. The smallest absolute Gasteiger partial charge is 0.0611 e. The molecule has 1 atom stereocenters. The maximum atomic E-state index is 9.50. The van der Waals surface area contributed by atoms with E-state index in [1.807, 2.05) is 0 Å². The number of likely N-dealkylation sites (tertiary alicyclic amines) is 1. The first kappa shape index (κ1) is 16.9. The molecule has 1 heterocycles. The molecule has 2 N–H and O–H groups in total. The van der Waals surface area contributed by atoms with Crippen molar-refractivity contribution in [3.8, 4) is 0 Å². The summed E-state index contributed by atoms with van der Waals surface area (Å²) in [5.41, 5.74) is -0.116. The number of nitrogens with one attached hydrogen (secondary N) is 1. The SMILES string of the molecule is CCNC(C)(CO)CCN1CCC(CN(C)C)CC1. The quantitative estimate of drug-likeness (QED) is 0.691. The highest BCUT2D eigenvalue weighted by Gasteiger charge is 2.25. The maximum Gasteiger partial charge on any atom is 0.0611 e. The highest BCUT2D eigenvalue weighted by molar-refractivity contribution is 4.84. The van der Waals surface area contributed by atoms with Gasteiger partial charge in [-0.15, -0.1) is 0 Å². The van der Waals surface area contributed by atoms with Crippen LogP contribution in [0.3, 0.4) is 0 Å². The zero-order valence-electron chi connectivity index (χ0n) is 13.3. The van der Waals surface area contributed by atoms with Gasteiger partial charge in [0.25, 0.3) is 0 Å². The first-order valence-corrected chi connectivity index (χ1v) is 7.72. The fraction of sp³-hybridized carbons (Fsp3) is 1.00. The number of hydrogen-bond donors (Lipinski definition) is 2. The molecule has 1 fully saturated rings. The van der Waals surface area contributed by atoms with Crippen molar-refractivity contribution in [3.05, 3.63) is 0 Å². The topological polar surface area (TPSA) is 38.7 Å². The number of hydrogen-bond acceptors (Lipinski definition) is 4. The third-order valence-corrected chi connectivity index (χ3v) is 4.26. The van der Waals surface area contributed by atoms with Crippen LogP contribution in [0.25, 0.3) is 0 Å². The Labute approximate surface area is 119 Å². The molecule has 19 heavy (non-hydrogen) atoms. The summed E-state index contributed by atoms with van der Waals surface area (Å²) in [4.78, 5) is 4.85. The van der Waals surface area contributed by atoms with Gasteiger partial charge in [-0.3, -0.25) is 0 Å². The third-order valence-electron chi connectivity index (χ3n) is 4.26. The highest BCUT2D eigenvalue weighted by atomic mass is 16.3. The van der Waals surface area contributed by atoms with Gasteiger partial charge in [-0.2, -0.15) is 0 Å². The fourth-order valence-corrected chi connectivity index (χ4v) is 2.96. The first-order chi connectivity index (χ1) is 8.99. The Hall–Kier alpha value is -0.160. The Morgan fingerprint density at radius 3 is 2.42 bits per heavy atom. The van der Waals surface area contributed by atoms with E-state index in [0.717, 1.165) is 25.4 Å². The monoisotopic (exact) mass is 271 g/mol. The summed E-state index contributed by atoms with van der Waals surface area (Å²) in [7, 11) is 4.32. The second kappa shape index (κ2) is 8.20. The molecule has 0 amide bonds. The maximum absolute atomic E-state index is 9.50. The van der Waals surface area contributed by atoms with Gasteiger partial charge in [-0.05, 0) is 72.4 Å². The summed E-state index contributed by atoms with van der Waals surface area (Å²) in [5.74, 6) is 0.865. The Morgan fingerprint density at radius 2 is 1.95 bits per heavy atom. The van der Waals surface area contributed by atoms with E-state index in [1.165, 1.54) is 32.5 Å². The molecular formula is C15H33N3O. The molecule has 0 radical (unpaired) electrons. The van der Waals surface area contributed by atoms with E-state index in [9.17, 15) is 5.11 Å². The minimum absolute atomic E-state index is 0.116. The van der Waals surface area contributed by atoms with Crippen LogP contribution in [0, 0.1) is 5.92 Å². The van der Waals surface area contributed by atoms with Crippen LogP contribution in [-0.4, -0.2) is 73.9 Å². The van der Waals surface area contributed by atoms with E-state index in [0.29, 0.717) is 0 Å². The molecule has 1 aliphatic rings. The van der Waals surface area contributed by atoms with Gasteiger partial charge in [-0.1, -0.05) is 6.92 Å². The van der Waals surface area contributed by atoms with Gasteiger partial charge in [0.05, 0.1) is 6.61 Å². The van der Waals surface area contributed by atoms with Gasteiger partial charge in [0.15, 0.2) is 0 Å². The summed E-state index contributed by atoms with van der Waals surface area (Å²) >= 11 is 0. The number of likely N-dealkylation sites (N-methyl/N-ethyl adjacent to an activating group) is 1. The molecule has 0 spiro atoms. The normalized spacial score (nSPS) is 21.8. The van der Waals surface area contributed by atoms with E-state index in [2.05, 4.69) is 43.1 Å². The Balaban J connectivity index is 2.25. The standard InChI is InChI=1S/C15H33N3O/c1-5-16-15(2,13-19)8-11-18-9-6-14(7-10-18)12-17(3)4/h14,16,19H,5-13H2,1-4H3. The average Bonchev–Trinajstić information content (AvgIpc) is 2.38. The van der Waals surface area contributed by atoms with Crippen molar-refractivity contribution in [1.82, 2.24) is 15.1 Å². The molecule has 4 heteroatoms. The van der Waals surface area contributed by atoms with E-state index in [1.54, 1.807) is 0 Å². The lowest BCUT2D eigenvalue weighted by atomic mass is 9.94. The van der Waals surface area contributed by atoms with Gasteiger partial charge in [0.1, 0.15) is 0 Å². The number of piperidine rings is 1. The zero-order valence-corrected chi connectivity index (χ0v) is 13.3. The number of aliphatic hydroxyl groups is 1. The molecule has 0 aromatic carbocycles. The van der Waals surface area contributed by atoms with Crippen molar-refractivity contribution >= 4 is 0 Å². The Bertz CT molecular complexity index is 240. The van der Waals surface area contributed by atoms with Crippen LogP contribution in [0.5, 0.6) is 0 Å². The van der Waals surface area contributed by atoms with Crippen molar-refractivity contribution in [3.63, 3.8) is 0 Å². The minimum atomic E-state index is -0.116. The van der Waals surface area contributed by atoms with Crippen LogP contribution in [0.1, 0.15) is 33.1 Å². The zero-order chi connectivity index (χ0) is 14.3. The van der Waals surface area contributed by atoms with Crippen LogP contribution in [-0.2, 0) is 0 Å². The molecule has 1 aliphatic heterocycles. The van der Waals surface area contributed by atoms with E-state index >= 15 is 0 Å². The lowest BCUT2D eigenvalue weighted by molar-refractivity contribution is 0.122. The molecule has 0 aliphatic carbocycles. The average molecular weight is 271 g/mol. The fourth-order valence-electron chi connectivity index (χ4n) is 2.96. The molecular weight excluding hydrogens is 238 g/mol. The number of rotatable bonds is 8. The molecule has 0 aromatic heterocycles. The Morgan fingerprint density at radius 1 is 1.32 bits per heavy atom. The van der Waals surface area contributed by atoms with Crippen LogP contribution in [0.2, 0.25) is 0 Å². The van der Waals surface area contributed by atoms with Crippen LogP contribution >= 0.6 is 0 Å². The summed E-state index contributed by atoms with van der Waals surface area (Å²) in [6.07, 6.45) is 3.65. The van der Waals surface area contributed by atoms with Crippen molar-refractivity contribution in [2.45, 2.75) is 38.6 Å². The van der Waals surface area contributed by atoms with Gasteiger partial charge >= 0.3 is 0 Å². The van der Waals surface area contributed by atoms with Crippen LogP contribution in [0.15, 0.2) is 0 Å². The number of nitrogens with zero attached hydrogens (tertiary/aromatic N) is 2. The molecule has 0 aromatic rings. The highest BCUT2D eigenvalue weighted by Crippen LogP contribution is 2.19. The third kappa shape index (κ3) is 6.21. The molecule has 1 unspecified atom stereocenters. The van der Waals surface area contributed by atoms with Gasteiger partial charge in [-0.25, -0.2) is 0 Å². The predicted molar refractivity (Wildman–Crippen MR) is 81.5 cm³/mol. The van der Waals surface area contributed by atoms with Crippen molar-refractivity contribution < 1.29 is 5.11 Å². The Kier molecular flexibility index (Phi) is 7.29. The predicted octanol–water partition coefficient (Wildman–Crippen LogP) is 1.01. The summed E-state index contributed by atoms with van der Waals surface area (Å²) in [6, 6.07) is 0. The molecule has 1 saturated heterocycles. The summed E-state index contributed by atoms with van der Waals surface area (Å²) in [6.45, 7) is 10.1.